The monoisotopic (exact) mass is 304 g/mol. The van der Waals surface area contributed by atoms with E-state index in [0.717, 1.165) is 12.0 Å². The second kappa shape index (κ2) is 6.37. The number of benzene rings is 2. The van der Waals surface area contributed by atoms with Crippen LogP contribution in [0.1, 0.15) is 18.1 Å². The fraction of sp³-hybridized carbons (Fsp3) is 0.133. The predicted octanol–water partition coefficient (Wildman–Crippen LogP) is 4.27. The van der Waals surface area contributed by atoms with E-state index in [1.165, 1.54) is 18.3 Å². The summed E-state index contributed by atoms with van der Waals surface area (Å²) in [4.78, 5) is 14.4. The highest BCUT2D eigenvalue weighted by molar-refractivity contribution is 6.32. The van der Waals surface area contributed by atoms with Crippen LogP contribution in [0.2, 0.25) is 5.02 Å². The molecular formula is C15H13ClN2O3. The van der Waals surface area contributed by atoms with Crippen LogP contribution in [0.5, 0.6) is 5.75 Å². The zero-order valence-electron chi connectivity index (χ0n) is 11.3. The van der Waals surface area contributed by atoms with Gasteiger partial charge in [-0.25, -0.2) is 0 Å². The van der Waals surface area contributed by atoms with Crippen LogP contribution in [-0.4, -0.2) is 16.2 Å². The van der Waals surface area contributed by atoms with Gasteiger partial charge in [-0.2, -0.15) is 0 Å². The first-order chi connectivity index (χ1) is 10.0. The molecule has 5 nitrogen and oxygen atoms in total. The van der Waals surface area contributed by atoms with Gasteiger partial charge in [-0.1, -0.05) is 30.7 Å². The van der Waals surface area contributed by atoms with Gasteiger partial charge in [0.15, 0.2) is 0 Å². The van der Waals surface area contributed by atoms with Gasteiger partial charge >= 0.3 is 0 Å². The minimum absolute atomic E-state index is 0.0620. The maximum Gasteiger partial charge on any atom is 0.288 e. The SMILES string of the molecule is CCc1ccc(O)c(N=Cc2ccc(Cl)c([N+](=O)[O-])c2)c1. The standard InChI is InChI=1S/C15H13ClN2O3/c1-2-10-4-6-15(19)13(7-10)17-9-11-3-5-12(16)14(8-11)18(20)21/h3-9,19H,2H2,1H3. The van der Waals surface area contributed by atoms with Crippen LogP contribution in [0.15, 0.2) is 41.4 Å². The van der Waals surface area contributed by atoms with Crippen molar-refractivity contribution < 1.29 is 10.0 Å². The van der Waals surface area contributed by atoms with Crippen molar-refractivity contribution in [2.24, 2.45) is 4.99 Å². The minimum Gasteiger partial charge on any atom is -0.506 e. The molecule has 0 aliphatic carbocycles. The van der Waals surface area contributed by atoms with E-state index >= 15 is 0 Å². The molecular weight excluding hydrogens is 292 g/mol. The Kier molecular flexibility index (Phi) is 4.55. The number of nitrogens with zero attached hydrogens (tertiary/aromatic N) is 2. The molecule has 2 aromatic carbocycles. The molecule has 0 spiro atoms. The lowest BCUT2D eigenvalue weighted by atomic mass is 10.1. The van der Waals surface area contributed by atoms with E-state index in [0.29, 0.717) is 11.3 Å². The molecule has 6 heteroatoms. The number of aromatic hydroxyl groups is 1. The van der Waals surface area contributed by atoms with Crippen molar-refractivity contribution in [3.63, 3.8) is 0 Å². The Morgan fingerprint density at radius 3 is 2.76 bits per heavy atom. The zero-order valence-corrected chi connectivity index (χ0v) is 12.0. The van der Waals surface area contributed by atoms with Gasteiger partial charge < -0.3 is 5.11 Å². The van der Waals surface area contributed by atoms with Gasteiger partial charge in [-0.3, -0.25) is 15.1 Å². The van der Waals surface area contributed by atoms with E-state index in [1.807, 2.05) is 13.0 Å². The summed E-state index contributed by atoms with van der Waals surface area (Å²) in [5, 5.41) is 20.7. The maximum absolute atomic E-state index is 10.8. The summed E-state index contributed by atoms with van der Waals surface area (Å²) in [6, 6.07) is 9.59. The summed E-state index contributed by atoms with van der Waals surface area (Å²) in [6.45, 7) is 2.00. The van der Waals surface area contributed by atoms with Gasteiger partial charge in [0.2, 0.25) is 0 Å². The molecule has 2 aromatic rings. The number of hydrogen-bond donors (Lipinski definition) is 1. The van der Waals surface area contributed by atoms with Gasteiger partial charge in [-0.05, 0) is 35.7 Å². The third kappa shape index (κ3) is 3.58. The number of aryl methyl sites for hydroxylation is 1. The van der Waals surface area contributed by atoms with E-state index in [1.54, 1.807) is 18.2 Å². The topological polar surface area (TPSA) is 75.7 Å². The highest BCUT2D eigenvalue weighted by Crippen LogP contribution is 2.28. The molecule has 21 heavy (non-hydrogen) atoms. The summed E-state index contributed by atoms with van der Waals surface area (Å²) in [6.07, 6.45) is 2.28. The van der Waals surface area contributed by atoms with Gasteiger partial charge in [0.05, 0.1) is 4.92 Å². The molecule has 0 radical (unpaired) electrons. The fourth-order valence-electron chi connectivity index (χ4n) is 1.79. The van der Waals surface area contributed by atoms with Crippen molar-refractivity contribution in [1.82, 2.24) is 0 Å². The second-order valence-electron chi connectivity index (χ2n) is 4.40. The predicted molar refractivity (Wildman–Crippen MR) is 82.8 cm³/mol. The Labute approximate surface area is 126 Å². The maximum atomic E-state index is 10.8. The number of nitro benzene ring substituents is 1. The molecule has 0 aliphatic rings. The first-order valence-electron chi connectivity index (χ1n) is 6.31. The fourth-order valence-corrected chi connectivity index (χ4v) is 1.97. The smallest absolute Gasteiger partial charge is 0.288 e. The highest BCUT2D eigenvalue weighted by Gasteiger charge is 2.11. The minimum atomic E-state index is -0.547. The third-order valence-corrected chi connectivity index (χ3v) is 3.29. The molecule has 0 saturated carbocycles. The van der Waals surface area contributed by atoms with Crippen molar-refractivity contribution in [3.05, 3.63) is 62.7 Å². The van der Waals surface area contributed by atoms with Crippen LogP contribution >= 0.6 is 11.6 Å². The molecule has 0 saturated heterocycles. The van der Waals surface area contributed by atoms with E-state index < -0.39 is 4.92 Å². The Morgan fingerprint density at radius 2 is 2.10 bits per heavy atom. The number of phenolic OH excluding ortho intramolecular Hbond substituents is 1. The van der Waals surface area contributed by atoms with Gasteiger partial charge in [0, 0.05) is 12.3 Å². The van der Waals surface area contributed by atoms with E-state index in [9.17, 15) is 15.2 Å². The van der Waals surface area contributed by atoms with E-state index in [2.05, 4.69) is 4.99 Å². The number of rotatable bonds is 4. The summed E-state index contributed by atoms with van der Waals surface area (Å²) < 4.78 is 0. The molecule has 0 atom stereocenters. The molecule has 2 rings (SSSR count). The van der Waals surface area contributed by atoms with E-state index in [4.69, 9.17) is 11.6 Å². The van der Waals surface area contributed by atoms with Crippen LogP contribution in [0.4, 0.5) is 11.4 Å². The lowest BCUT2D eigenvalue weighted by molar-refractivity contribution is -0.384. The van der Waals surface area contributed by atoms with E-state index in [-0.39, 0.29) is 16.5 Å². The third-order valence-electron chi connectivity index (χ3n) is 2.97. The molecule has 0 heterocycles. The van der Waals surface area contributed by atoms with Crippen molar-refractivity contribution in [2.45, 2.75) is 13.3 Å². The second-order valence-corrected chi connectivity index (χ2v) is 4.81. The zero-order chi connectivity index (χ0) is 15.4. The highest BCUT2D eigenvalue weighted by atomic mass is 35.5. The molecule has 0 unspecified atom stereocenters. The Hall–Kier alpha value is -2.40. The molecule has 0 amide bonds. The Bertz CT molecular complexity index is 714. The largest absolute Gasteiger partial charge is 0.506 e. The molecule has 108 valence electrons. The number of halogens is 1. The Balaban J connectivity index is 2.33. The molecule has 0 fully saturated rings. The van der Waals surface area contributed by atoms with Gasteiger partial charge in [0.1, 0.15) is 16.5 Å². The first-order valence-corrected chi connectivity index (χ1v) is 6.69. The molecule has 0 aromatic heterocycles. The van der Waals surface area contributed by atoms with Crippen LogP contribution < -0.4 is 0 Å². The van der Waals surface area contributed by atoms with Gasteiger partial charge in [0.25, 0.3) is 5.69 Å². The Morgan fingerprint density at radius 1 is 1.33 bits per heavy atom. The number of nitro groups is 1. The summed E-state index contributed by atoms with van der Waals surface area (Å²) >= 11 is 5.75. The van der Waals surface area contributed by atoms with Crippen molar-refractivity contribution in [1.29, 1.82) is 0 Å². The summed E-state index contributed by atoms with van der Waals surface area (Å²) in [5.74, 6) is 0.0620. The lowest BCUT2D eigenvalue weighted by Gasteiger charge is -2.02. The lowest BCUT2D eigenvalue weighted by Crippen LogP contribution is -1.91. The van der Waals surface area contributed by atoms with Crippen molar-refractivity contribution in [3.8, 4) is 5.75 Å². The number of phenols is 1. The number of aliphatic imine (C=N–C) groups is 1. The average molecular weight is 305 g/mol. The number of hydrogen-bond acceptors (Lipinski definition) is 4. The quantitative estimate of drug-likeness (QED) is 0.520. The normalized spacial score (nSPS) is 11.0. The average Bonchev–Trinajstić information content (AvgIpc) is 2.47. The van der Waals surface area contributed by atoms with Gasteiger partial charge in [-0.15, -0.1) is 0 Å². The molecule has 0 aliphatic heterocycles. The molecule has 1 N–H and O–H groups in total. The van der Waals surface area contributed by atoms with Crippen LogP contribution in [0, 0.1) is 10.1 Å². The summed E-state index contributed by atoms with van der Waals surface area (Å²) in [7, 11) is 0. The molecule has 0 bridgehead atoms. The first kappa shape index (κ1) is 15.0. The van der Waals surface area contributed by atoms with Crippen molar-refractivity contribution in [2.75, 3.05) is 0 Å². The summed E-state index contributed by atoms with van der Waals surface area (Å²) in [5.41, 5.74) is 1.83. The van der Waals surface area contributed by atoms with Crippen LogP contribution in [0.3, 0.4) is 0 Å². The van der Waals surface area contributed by atoms with Crippen molar-refractivity contribution >= 4 is 29.2 Å². The van der Waals surface area contributed by atoms with Crippen LogP contribution in [0.25, 0.3) is 0 Å². The van der Waals surface area contributed by atoms with Crippen LogP contribution in [-0.2, 0) is 6.42 Å².